The van der Waals surface area contributed by atoms with Crippen LogP contribution in [-0.2, 0) is 14.3 Å². The Morgan fingerprint density at radius 1 is 1.00 bits per heavy atom. The molecule has 1 aromatic heterocycles. The monoisotopic (exact) mass is 534 g/mol. The van der Waals surface area contributed by atoms with E-state index in [1.807, 2.05) is 23.6 Å². The number of fused-ring (bicyclic) bond motifs is 1. The molecule has 0 bridgehead atoms. The van der Waals surface area contributed by atoms with Crippen LogP contribution in [0.15, 0.2) is 66.0 Å². The van der Waals surface area contributed by atoms with Crippen molar-refractivity contribution in [2.45, 2.75) is 50.3 Å². The molecule has 2 heterocycles. The Kier molecular flexibility index (Phi) is 7.93. The zero-order valence-electron chi connectivity index (χ0n) is 21.1. The van der Waals surface area contributed by atoms with E-state index in [-0.39, 0.29) is 24.1 Å². The Bertz CT molecular complexity index is 1290. The van der Waals surface area contributed by atoms with Crippen LogP contribution in [0.2, 0.25) is 0 Å². The van der Waals surface area contributed by atoms with Gasteiger partial charge >= 0.3 is 5.97 Å². The van der Waals surface area contributed by atoms with Gasteiger partial charge in [0.05, 0.1) is 12.7 Å². The van der Waals surface area contributed by atoms with Crippen molar-refractivity contribution in [2.75, 3.05) is 18.6 Å². The molecule has 2 amide bonds. The number of ether oxygens (including phenoxy) is 3. The smallest absolute Gasteiger partial charge is 0.337 e. The maximum atomic E-state index is 14.2. The van der Waals surface area contributed by atoms with Gasteiger partial charge in [-0.1, -0.05) is 43.5 Å². The molecule has 8 nitrogen and oxygen atoms in total. The first-order chi connectivity index (χ1) is 18.5. The molecule has 2 atom stereocenters. The van der Waals surface area contributed by atoms with Crippen molar-refractivity contribution in [3.8, 4) is 11.5 Å². The van der Waals surface area contributed by atoms with Crippen LogP contribution in [0.1, 0.15) is 53.4 Å². The molecule has 38 heavy (non-hydrogen) atoms. The summed E-state index contributed by atoms with van der Waals surface area (Å²) in [6.45, 7) is -0.00948. The number of nitrogens with zero attached hydrogens (tertiary/aromatic N) is 1. The quantitative estimate of drug-likeness (QED) is 0.434. The first-order valence-electron chi connectivity index (χ1n) is 12.8. The first kappa shape index (κ1) is 25.8. The molecule has 0 saturated heterocycles. The Morgan fingerprint density at radius 2 is 1.79 bits per heavy atom. The van der Waals surface area contributed by atoms with Gasteiger partial charge in [-0.3, -0.25) is 14.5 Å². The fraction of sp³-hybridized carbons (Fsp3) is 0.345. The molecule has 2 aliphatic rings. The SMILES string of the molecule is COC(=O)c1cccc(N(C(=O)[C@H]2COc3ccccc3O2)[C@H](C(=O)NC2CCCCC2)c2cccs2)c1. The molecule has 1 N–H and O–H groups in total. The minimum absolute atomic E-state index is 0.00948. The van der Waals surface area contributed by atoms with Crippen LogP contribution >= 0.6 is 11.3 Å². The van der Waals surface area contributed by atoms with Gasteiger partial charge in [0.2, 0.25) is 12.0 Å². The van der Waals surface area contributed by atoms with Crippen molar-refractivity contribution in [3.05, 3.63) is 76.5 Å². The summed E-state index contributed by atoms with van der Waals surface area (Å²) < 4.78 is 16.8. The lowest BCUT2D eigenvalue weighted by Crippen LogP contribution is -2.52. The number of hydrogen-bond acceptors (Lipinski definition) is 7. The maximum absolute atomic E-state index is 14.2. The Hall–Kier alpha value is -3.85. The van der Waals surface area contributed by atoms with Gasteiger partial charge in [0.1, 0.15) is 12.6 Å². The number of thiophene rings is 1. The topological polar surface area (TPSA) is 94.2 Å². The number of benzene rings is 2. The highest BCUT2D eigenvalue weighted by molar-refractivity contribution is 7.10. The fourth-order valence-corrected chi connectivity index (χ4v) is 5.76. The summed E-state index contributed by atoms with van der Waals surface area (Å²) in [5.74, 6) is -0.239. The second-order valence-corrected chi connectivity index (χ2v) is 10.4. The molecule has 198 valence electrons. The van der Waals surface area contributed by atoms with Crippen molar-refractivity contribution < 1.29 is 28.6 Å². The fourth-order valence-electron chi connectivity index (χ4n) is 4.95. The van der Waals surface area contributed by atoms with E-state index >= 15 is 0 Å². The number of carbonyl (C=O) groups excluding carboxylic acids is 3. The van der Waals surface area contributed by atoms with E-state index in [1.54, 1.807) is 42.5 Å². The third-order valence-electron chi connectivity index (χ3n) is 6.84. The Labute approximate surface area is 225 Å². The molecule has 3 aromatic rings. The van der Waals surface area contributed by atoms with Crippen molar-refractivity contribution in [1.82, 2.24) is 5.32 Å². The van der Waals surface area contributed by atoms with Crippen molar-refractivity contribution in [1.29, 1.82) is 0 Å². The molecule has 2 aromatic carbocycles. The molecule has 1 fully saturated rings. The van der Waals surface area contributed by atoms with E-state index < -0.39 is 24.0 Å². The predicted molar refractivity (Wildman–Crippen MR) is 144 cm³/mol. The number of methoxy groups -OCH3 is 1. The molecule has 1 aliphatic carbocycles. The zero-order chi connectivity index (χ0) is 26.5. The van der Waals surface area contributed by atoms with Gasteiger partial charge in [-0.15, -0.1) is 11.3 Å². The van der Waals surface area contributed by atoms with Crippen LogP contribution in [0, 0.1) is 0 Å². The lowest BCUT2D eigenvalue weighted by molar-refractivity contribution is -0.132. The number of anilines is 1. The van der Waals surface area contributed by atoms with E-state index in [0.29, 0.717) is 22.1 Å². The van der Waals surface area contributed by atoms with Gasteiger partial charge in [-0.05, 0) is 54.6 Å². The molecule has 9 heteroatoms. The van der Waals surface area contributed by atoms with Gasteiger partial charge in [0.15, 0.2) is 11.5 Å². The number of rotatable bonds is 7. The van der Waals surface area contributed by atoms with Crippen LogP contribution in [0.3, 0.4) is 0 Å². The third-order valence-corrected chi connectivity index (χ3v) is 7.76. The van der Waals surface area contributed by atoms with Crippen LogP contribution in [0.4, 0.5) is 5.69 Å². The van der Waals surface area contributed by atoms with Gasteiger partial charge in [0.25, 0.3) is 5.91 Å². The number of carbonyl (C=O) groups is 3. The van der Waals surface area contributed by atoms with E-state index in [9.17, 15) is 14.4 Å². The summed E-state index contributed by atoms with van der Waals surface area (Å²) in [5.41, 5.74) is 0.657. The van der Waals surface area contributed by atoms with Crippen LogP contribution in [0.25, 0.3) is 0 Å². The van der Waals surface area contributed by atoms with Gasteiger partial charge < -0.3 is 19.5 Å². The number of amides is 2. The second kappa shape index (κ2) is 11.7. The summed E-state index contributed by atoms with van der Waals surface area (Å²) in [5, 5.41) is 5.06. The van der Waals surface area contributed by atoms with Crippen molar-refractivity contribution in [3.63, 3.8) is 0 Å². The van der Waals surface area contributed by atoms with Gasteiger partial charge in [-0.2, -0.15) is 0 Å². The summed E-state index contributed by atoms with van der Waals surface area (Å²) in [7, 11) is 1.30. The highest BCUT2D eigenvalue weighted by Crippen LogP contribution is 2.36. The molecule has 1 aliphatic heterocycles. The highest BCUT2D eigenvalue weighted by atomic mass is 32.1. The van der Waals surface area contributed by atoms with E-state index in [4.69, 9.17) is 14.2 Å². The Balaban J connectivity index is 1.54. The van der Waals surface area contributed by atoms with E-state index in [2.05, 4.69) is 5.32 Å². The summed E-state index contributed by atoms with van der Waals surface area (Å²) >= 11 is 1.39. The number of hydrogen-bond donors (Lipinski definition) is 1. The van der Waals surface area contributed by atoms with Crippen molar-refractivity contribution in [2.24, 2.45) is 0 Å². The number of esters is 1. The van der Waals surface area contributed by atoms with Crippen LogP contribution in [0.5, 0.6) is 11.5 Å². The summed E-state index contributed by atoms with van der Waals surface area (Å²) in [6, 6.07) is 16.5. The third kappa shape index (κ3) is 5.52. The summed E-state index contributed by atoms with van der Waals surface area (Å²) in [6.07, 6.45) is 4.11. The molecule has 0 radical (unpaired) electrons. The number of nitrogens with one attached hydrogen (secondary N) is 1. The minimum atomic E-state index is -0.989. The molecule has 0 unspecified atom stereocenters. The largest absolute Gasteiger partial charge is 0.485 e. The van der Waals surface area contributed by atoms with Gasteiger partial charge in [-0.25, -0.2) is 4.79 Å². The average molecular weight is 535 g/mol. The lowest BCUT2D eigenvalue weighted by atomic mass is 9.95. The van der Waals surface area contributed by atoms with Crippen LogP contribution < -0.4 is 19.7 Å². The maximum Gasteiger partial charge on any atom is 0.337 e. The molecule has 0 spiro atoms. The van der Waals surface area contributed by atoms with Crippen LogP contribution in [-0.4, -0.2) is 43.6 Å². The zero-order valence-corrected chi connectivity index (χ0v) is 21.9. The Morgan fingerprint density at radius 3 is 2.53 bits per heavy atom. The number of para-hydroxylation sites is 2. The highest BCUT2D eigenvalue weighted by Gasteiger charge is 2.40. The average Bonchev–Trinajstić information content (AvgIpc) is 3.49. The molecular formula is C29H30N2O6S. The lowest BCUT2D eigenvalue weighted by Gasteiger charge is -2.36. The first-order valence-corrected chi connectivity index (χ1v) is 13.7. The molecule has 5 rings (SSSR count). The predicted octanol–water partition coefficient (Wildman–Crippen LogP) is 4.90. The van der Waals surface area contributed by atoms with Gasteiger partial charge in [0, 0.05) is 16.6 Å². The summed E-state index contributed by atoms with van der Waals surface area (Å²) in [4.78, 5) is 42.6. The normalized spacial score (nSPS) is 17.8. The molecular weight excluding hydrogens is 504 g/mol. The second-order valence-electron chi connectivity index (χ2n) is 9.38. The van der Waals surface area contributed by atoms with E-state index in [1.165, 1.54) is 23.3 Å². The standard InChI is InChI=1S/C29H30N2O6S/c1-35-29(34)19-9-7-12-21(17-19)31(28(33)24-18-36-22-13-5-6-14-23(22)37-24)26(25-15-8-16-38-25)27(32)30-20-10-3-2-4-11-20/h5-9,12-17,20,24,26H,2-4,10-11,18H2,1H3,(H,30,32)/t24-,26+/m1/s1. The minimum Gasteiger partial charge on any atom is -0.485 e. The van der Waals surface area contributed by atoms with E-state index in [0.717, 1.165) is 32.1 Å². The molecule has 1 saturated carbocycles. The van der Waals surface area contributed by atoms with Crippen molar-refractivity contribution >= 4 is 34.8 Å².